The maximum atomic E-state index is 12.2. The van der Waals surface area contributed by atoms with Gasteiger partial charge in [-0.2, -0.15) is 0 Å². The number of nitrogen functional groups attached to an aromatic ring is 1. The summed E-state index contributed by atoms with van der Waals surface area (Å²) in [7, 11) is 0. The second-order valence-corrected chi connectivity index (χ2v) is 4.27. The van der Waals surface area contributed by atoms with E-state index in [9.17, 15) is 4.79 Å². The fourth-order valence-corrected chi connectivity index (χ4v) is 2.05. The molecule has 0 aliphatic carbocycles. The monoisotopic (exact) mass is 284 g/mol. The lowest BCUT2D eigenvalue weighted by atomic mass is 10.0. The Bertz CT molecular complexity index is 799. The summed E-state index contributed by atoms with van der Waals surface area (Å²) in [5.41, 5.74) is 7.98. The van der Waals surface area contributed by atoms with Crippen molar-refractivity contribution in [2.24, 2.45) is 0 Å². The molecule has 0 atom stereocenters. The summed E-state index contributed by atoms with van der Waals surface area (Å²) in [6.07, 6.45) is 0. The summed E-state index contributed by atoms with van der Waals surface area (Å²) in [6.45, 7) is 1.96. The third-order valence-electron chi connectivity index (χ3n) is 2.98. The lowest BCUT2D eigenvalue weighted by Crippen LogP contribution is -2.11. The summed E-state index contributed by atoms with van der Waals surface area (Å²) >= 11 is 0. The molecule has 0 aliphatic heterocycles. The summed E-state index contributed by atoms with van der Waals surface area (Å²) in [5.74, 6) is -0.550. The summed E-state index contributed by atoms with van der Waals surface area (Å²) in [4.78, 5) is 16.5. The molecule has 2 N–H and O–H groups in total. The Kier molecular flexibility index (Phi) is 3.23. The lowest BCUT2D eigenvalue weighted by Gasteiger charge is -2.10. The molecule has 0 fully saturated rings. The topological polar surface area (TPSA) is 104 Å². The van der Waals surface area contributed by atoms with E-state index in [-0.39, 0.29) is 29.0 Å². The minimum absolute atomic E-state index is 0.151. The van der Waals surface area contributed by atoms with Crippen molar-refractivity contribution in [3.05, 3.63) is 35.9 Å². The maximum Gasteiger partial charge on any atom is 0.342 e. The molecule has 3 aromatic rings. The number of hydrogen-bond donors (Lipinski definition) is 1. The highest BCUT2D eigenvalue weighted by Crippen LogP contribution is 2.31. The summed E-state index contributed by atoms with van der Waals surface area (Å²) in [5, 5.41) is 7.36. The number of rotatable bonds is 3. The number of nitrogens with zero attached hydrogens (tertiary/aromatic N) is 3. The van der Waals surface area contributed by atoms with Crippen molar-refractivity contribution >= 4 is 22.8 Å². The van der Waals surface area contributed by atoms with E-state index in [2.05, 4.69) is 19.9 Å². The average molecular weight is 284 g/mol. The van der Waals surface area contributed by atoms with Gasteiger partial charge in [0.1, 0.15) is 5.56 Å². The van der Waals surface area contributed by atoms with Gasteiger partial charge in [-0.05, 0) is 17.2 Å². The Morgan fingerprint density at radius 2 is 2.05 bits per heavy atom. The van der Waals surface area contributed by atoms with E-state index in [0.29, 0.717) is 5.69 Å². The molecule has 0 unspecified atom stereocenters. The number of carbonyl (C=O) groups is 1. The summed E-state index contributed by atoms with van der Waals surface area (Å²) in [6, 6.07) is 9.20. The van der Waals surface area contributed by atoms with Gasteiger partial charge in [-0.1, -0.05) is 30.3 Å². The predicted molar refractivity (Wildman–Crippen MR) is 75.4 cm³/mol. The fraction of sp³-hybridized carbons (Fsp3) is 0.143. The highest BCUT2D eigenvalue weighted by Gasteiger charge is 2.24. The number of esters is 1. The van der Waals surface area contributed by atoms with Gasteiger partial charge in [-0.15, -0.1) is 0 Å². The third-order valence-corrected chi connectivity index (χ3v) is 2.98. The largest absolute Gasteiger partial charge is 0.462 e. The van der Waals surface area contributed by atoms with Crippen molar-refractivity contribution < 1.29 is 14.2 Å². The minimum Gasteiger partial charge on any atom is -0.462 e. The van der Waals surface area contributed by atoms with Gasteiger partial charge in [0.15, 0.2) is 5.52 Å². The second kappa shape index (κ2) is 5.20. The van der Waals surface area contributed by atoms with Gasteiger partial charge < -0.3 is 10.5 Å². The quantitative estimate of drug-likeness (QED) is 0.734. The first-order valence-corrected chi connectivity index (χ1v) is 6.36. The molecule has 0 saturated heterocycles. The number of fused-ring (bicyclic) bond motifs is 1. The maximum absolute atomic E-state index is 12.2. The molecule has 0 bridgehead atoms. The zero-order chi connectivity index (χ0) is 14.8. The molecule has 3 rings (SSSR count). The smallest absolute Gasteiger partial charge is 0.342 e. The molecule has 2 aromatic heterocycles. The predicted octanol–water partition coefficient (Wildman–Crippen LogP) is 2.04. The first-order chi connectivity index (χ1) is 10.2. The van der Waals surface area contributed by atoms with Gasteiger partial charge in [0.25, 0.3) is 0 Å². The van der Waals surface area contributed by atoms with Gasteiger partial charge in [-0.25, -0.2) is 14.4 Å². The Labute approximate surface area is 119 Å². The van der Waals surface area contributed by atoms with Crippen LogP contribution in [0.15, 0.2) is 35.0 Å². The molecule has 0 aliphatic rings. The van der Waals surface area contributed by atoms with E-state index >= 15 is 0 Å². The highest BCUT2D eigenvalue weighted by atomic mass is 16.6. The van der Waals surface area contributed by atoms with Crippen molar-refractivity contribution in [2.75, 3.05) is 12.3 Å². The van der Waals surface area contributed by atoms with Gasteiger partial charge in [0.2, 0.25) is 5.65 Å². The molecule has 0 radical (unpaired) electrons. The normalized spacial score (nSPS) is 10.7. The van der Waals surface area contributed by atoms with Crippen LogP contribution in [0.1, 0.15) is 17.3 Å². The van der Waals surface area contributed by atoms with E-state index in [4.69, 9.17) is 10.5 Å². The molecule has 0 amide bonds. The Morgan fingerprint density at radius 1 is 1.29 bits per heavy atom. The Hall–Kier alpha value is -2.96. The van der Waals surface area contributed by atoms with Crippen molar-refractivity contribution in [3.63, 3.8) is 0 Å². The molecule has 21 heavy (non-hydrogen) atoms. The Morgan fingerprint density at radius 3 is 2.76 bits per heavy atom. The number of carbonyl (C=O) groups excluding carboxylic acids is 1. The van der Waals surface area contributed by atoms with Crippen LogP contribution >= 0.6 is 0 Å². The van der Waals surface area contributed by atoms with Crippen molar-refractivity contribution in [1.82, 2.24) is 15.3 Å². The first-order valence-electron chi connectivity index (χ1n) is 6.36. The van der Waals surface area contributed by atoms with E-state index in [0.717, 1.165) is 5.56 Å². The molecular weight excluding hydrogens is 272 g/mol. The summed E-state index contributed by atoms with van der Waals surface area (Å²) < 4.78 is 9.70. The number of aromatic nitrogens is 3. The number of benzene rings is 1. The van der Waals surface area contributed by atoms with Crippen LogP contribution in [0.4, 0.5) is 5.69 Å². The van der Waals surface area contributed by atoms with Crippen LogP contribution in [0.3, 0.4) is 0 Å². The van der Waals surface area contributed by atoms with Crippen LogP contribution in [-0.4, -0.2) is 27.9 Å². The van der Waals surface area contributed by atoms with Gasteiger partial charge in [0.05, 0.1) is 18.0 Å². The molecular formula is C14H12N4O3. The van der Waals surface area contributed by atoms with Crippen LogP contribution in [-0.2, 0) is 4.74 Å². The van der Waals surface area contributed by atoms with E-state index in [1.807, 2.05) is 30.3 Å². The van der Waals surface area contributed by atoms with Gasteiger partial charge in [0, 0.05) is 5.56 Å². The second-order valence-electron chi connectivity index (χ2n) is 4.27. The molecule has 7 nitrogen and oxygen atoms in total. The fourth-order valence-electron chi connectivity index (χ4n) is 2.05. The molecule has 1 aromatic carbocycles. The SMILES string of the molecule is CCOC(=O)c1c(-c2ccccc2)nc2nonc2c1N. The zero-order valence-corrected chi connectivity index (χ0v) is 11.2. The van der Waals surface area contributed by atoms with E-state index < -0.39 is 5.97 Å². The third kappa shape index (κ3) is 2.18. The average Bonchev–Trinajstić information content (AvgIpc) is 2.97. The van der Waals surface area contributed by atoms with Crippen molar-refractivity contribution in [3.8, 4) is 11.3 Å². The number of hydrogen-bond acceptors (Lipinski definition) is 7. The molecule has 0 saturated carbocycles. The van der Waals surface area contributed by atoms with Crippen molar-refractivity contribution in [2.45, 2.75) is 6.92 Å². The van der Waals surface area contributed by atoms with Crippen LogP contribution in [0.25, 0.3) is 22.4 Å². The number of ether oxygens (including phenoxy) is 1. The zero-order valence-electron chi connectivity index (χ0n) is 11.2. The van der Waals surface area contributed by atoms with Gasteiger partial charge in [-0.3, -0.25) is 0 Å². The van der Waals surface area contributed by atoms with Crippen LogP contribution in [0, 0.1) is 0 Å². The molecule has 2 heterocycles. The van der Waals surface area contributed by atoms with Crippen LogP contribution in [0.2, 0.25) is 0 Å². The van der Waals surface area contributed by atoms with Crippen molar-refractivity contribution in [1.29, 1.82) is 0 Å². The minimum atomic E-state index is -0.550. The van der Waals surface area contributed by atoms with Gasteiger partial charge >= 0.3 is 5.97 Å². The Balaban J connectivity index is 2.30. The lowest BCUT2D eigenvalue weighted by molar-refractivity contribution is 0.0528. The van der Waals surface area contributed by atoms with Crippen LogP contribution < -0.4 is 5.73 Å². The number of pyridine rings is 1. The van der Waals surface area contributed by atoms with E-state index in [1.165, 1.54) is 0 Å². The molecule has 7 heteroatoms. The highest BCUT2D eigenvalue weighted by molar-refractivity contribution is 6.07. The van der Waals surface area contributed by atoms with Crippen LogP contribution in [0.5, 0.6) is 0 Å². The standard InChI is InChI=1S/C14H12N4O3/c1-2-20-14(19)9-10(15)12-13(18-21-17-12)16-11(9)8-6-4-3-5-7-8/h3-7H,2,15H2,1H3. The first kappa shape index (κ1) is 13.0. The molecule has 0 spiro atoms. The number of anilines is 1. The number of nitrogens with two attached hydrogens (primary N) is 1. The van der Waals surface area contributed by atoms with E-state index in [1.54, 1.807) is 6.92 Å². The molecule has 106 valence electrons.